The van der Waals surface area contributed by atoms with Gasteiger partial charge < -0.3 is 15.5 Å². The molecule has 1 heterocycles. The Labute approximate surface area is 154 Å². The monoisotopic (exact) mass is 424 g/mol. The average molecular weight is 424 g/mol. The van der Waals surface area contributed by atoms with E-state index in [9.17, 15) is 0 Å². The van der Waals surface area contributed by atoms with Gasteiger partial charge in [-0.15, -0.1) is 24.0 Å². The highest BCUT2D eigenvalue weighted by Crippen LogP contribution is 2.16. The summed E-state index contributed by atoms with van der Waals surface area (Å²) in [7, 11) is 0. The van der Waals surface area contributed by atoms with Crippen molar-refractivity contribution in [1.29, 1.82) is 0 Å². The van der Waals surface area contributed by atoms with Crippen LogP contribution in [0.4, 0.5) is 0 Å². The van der Waals surface area contributed by atoms with Crippen molar-refractivity contribution in [3.63, 3.8) is 0 Å². The second-order valence-electron chi connectivity index (χ2n) is 6.16. The van der Waals surface area contributed by atoms with Gasteiger partial charge in [-0.1, -0.05) is 33.1 Å². The lowest BCUT2D eigenvalue weighted by atomic mass is 10.1. The second kappa shape index (κ2) is 14.5. The Morgan fingerprint density at radius 2 is 1.91 bits per heavy atom. The Hall–Kier alpha value is -0.0400. The largest absolute Gasteiger partial charge is 0.357 e. The molecule has 1 fully saturated rings. The van der Waals surface area contributed by atoms with E-state index < -0.39 is 0 Å². The van der Waals surface area contributed by atoms with Crippen LogP contribution in [0.3, 0.4) is 0 Å². The van der Waals surface area contributed by atoms with Crippen LogP contribution in [0.15, 0.2) is 4.99 Å². The van der Waals surface area contributed by atoms with Gasteiger partial charge in [-0.05, 0) is 45.2 Å². The summed E-state index contributed by atoms with van der Waals surface area (Å²) in [6, 6.07) is 0. The van der Waals surface area contributed by atoms with Crippen molar-refractivity contribution in [2.75, 3.05) is 39.3 Å². The first-order valence-corrected chi connectivity index (χ1v) is 9.04. The molecular weight excluding hydrogens is 387 g/mol. The molecule has 0 spiro atoms. The minimum absolute atomic E-state index is 0. The summed E-state index contributed by atoms with van der Waals surface area (Å²) >= 11 is 0. The summed E-state index contributed by atoms with van der Waals surface area (Å²) in [6.07, 6.45) is 7.76. The minimum Gasteiger partial charge on any atom is -0.357 e. The van der Waals surface area contributed by atoms with Crippen molar-refractivity contribution < 1.29 is 0 Å². The van der Waals surface area contributed by atoms with E-state index in [1.165, 1.54) is 58.2 Å². The first-order valence-electron chi connectivity index (χ1n) is 9.04. The molecule has 0 bridgehead atoms. The lowest BCUT2D eigenvalue weighted by Crippen LogP contribution is -2.38. The zero-order valence-electron chi connectivity index (χ0n) is 14.9. The molecular formula is C17H37IN4. The van der Waals surface area contributed by atoms with Crippen LogP contribution in [0.2, 0.25) is 0 Å². The number of nitrogens with one attached hydrogen (secondary N) is 2. The Bertz CT molecular complexity index is 284. The molecule has 22 heavy (non-hydrogen) atoms. The molecule has 0 aromatic carbocycles. The maximum atomic E-state index is 4.78. The fraction of sp³-hybridized carbons (Fsp3) is 0.941. The number of halogens is 1. The Morgan fingerprint density at radius 1 is 1.09 bits per heavy atom. The molecule has 0 amide bonds. The van der Waals surface area contributed by atoms with Gasteiger partial charge in [0.15, 0.2) is 5.96 Å². The van der Waals surface area contributed by atoms with Gasteiger partial charge in [-0.25, -0.2) is 0 Å². The number of unbranched alkanes of at least 4 members (excludes halogenated alkanes) is 3. The molecule has 5 heteroatoms. The third-order valence-corrected chi connectivity index (χ3v) is 4.08. The van der Waals surface area contributed by atoms with Crippen LogP contribution >= 0.6 is 24.0 Å². The van der Waals surface area contributed by atoms with Gasteiger partial charge in [-0.3, -0.25) is 4.99 Å². The molecule has 4 nitrogen and oxygen atoms in total. The number of hydrogen-bond acceptors (Lipinski definition) is 2. The van der Waals surface area contributed by atoms with Crippen LogP contribution in [0, 0.1) is 5.92 Å². The van der Waals surface area contributed by atoms with E-state index >= 15 is 0 Å². The summed E-state index contributed by atoms with van der Waals surface area (Å²) in [6.45, 7) is 13.3. The second-order valence-corrected chi connectivity index (χ2v) is 6.16. The zero-order valence-corrected chi connectivity index (χ0v) is 17.2. The quantitative estimate of drug-likeness (QED) is 0.244. The molecule has 1 atom stereocenters. The van der Waals surface area contributed by atoms with Gasteiger partial charge in [0.2, 0.25) is 0 Å². The summed E-state index contributed by atoms with van der Waals surface area (Å²) in [5.41, 5.74) is 0. The van der Waals surface area contributed by atoms with E-state index in [0.29, 0.717) is 0 Å². The summed E-state index contributed by atoms with van der Waals surface area (Å²) in [5, 5.41) is 6.82. The van der Waals surface area contributed by atoms with E-state index in [0.717, 1.165) is 31.5 Å². The number of rotatable bonds is 10. The maximum absolute atomic E-state index is 4.78. The number of likely N-dealkylation sites (tertiary alicyclic amines) is 1. The lowest BCUT2D eigenvalue weighted by molar-refractivity contribution is 0.326. The maximum Gasteiger partial charge on any atom is 0.191 e. The van der Waals surface area contributed by atoms with Crippen molar-refractivity contribution in [2.24, 2.45) is 10.9 Å². The van der Waals surface area contributed by atoms with Gasteiger partial charge in [0.1, 0.15) is 0 Å². The Morgan fingerprint density at radius 3 is 2.59 bits per heavy atom. The number of aliphatic imine (C=N–C) groups is 1. The van der Waals surface area contributed by atoms with Crippen LogP contribution in [0.25, 0.3) is 0 Å². The average Bonchev–Trinajstić information content (AvgIpc) is 2.92. The SMILES string of the molecule is CCCCCCNC(=NCC1CCN(CCC)C1)NCC.I. The molecule has 0 saturated carbocycles. The van der Waals surface area contributed by atoms with Crippen LogP contribution in [0.5, 0.6) is 0 Å². The lowest BCUT2D eigenvalue weighted by Gasteiger charge is -2.15. The molecule has 1 aliphatic rings. The highest BCUT2D eigenvalue weighted by Gasteiger charge is 2.21. The van der Waals surface area contributed by atoms with Crippen LogP contribution in [0.1, 0.15) is 59.3 Å². The predicted octanol–water partition coefficient (Wildman–Crippen LogP) is 3.47. The number of hydrogen-bond donors (Lipinski definition) is 2. The van der Waals surface area contributed by atoms with Crippen molar-refractivity contribution in [3.05, 3.63) is 0 Å². The van der Waals surface area contributed by atoms with Crippen LogP contribution in [-0.2, 0) is 0 Å². The van der Waals surface area contributed by atoms with Crippen LogP contribution in [-0.4, -0.2) is 50.1 Å². The van der Waals surface area contributed by atoms with Gasteiger partial charge in [0, 0.05) is 26.2 Å². The minimum atomic E-state index is 0. The number of guanidine groups is 1. The molecule has 0 aromatic heterocycles. The molecule has 0 aromatic rings. The van der Waals surface area contributed by atoms with E-state index in [1.54, 1.807) is 0 Å². The van der Waals surface area contributed by atoms with E-state index in [-0.39, 0.29) is 24.0 Å². The van der Waals surface area contributed by atoms with Crippen molar-refractivity contribution in [3.8, 4) is 0 Å². The number of nitrogens with zero attached hydrogens (tertiary/aromatic N) is 2. The molecule has 0 radical (unpaired) electrons. The fourth-order valence-electron chi connectivity index (χ4n) is 2.90. The normalized spacial score (nSPS) is 19.0. The van der Waals surface area contributed by atoms with Gasteiger partial charge >= 0.3 is 0 Å². The zero-order chi connectivity index (χ0) is 15.3. The fourth-order valence-corrected chi connectivity index (χ4v) is 2.90. The smallest absolute Gasteiger partial charge is 0.191 e. The molecule has 1 rings (SSSR count). The Balaban J connectivity index is 0.00000441. The standard InChI is InChI=1S/C17H36N4.HI/c1-4-7-8-9-11-19-17(18-6-3)20-14-16-10-13-21(15-16)12-5-2;/h16H,4-15H2,1-3H3,(H2,18,19,20);1H. The van der Waals surface area contributed by atoms with Crippen molar-refractivity contribution >= 4 is 29.9 Å². The van der Waals surface area contributed by atoms with Gasteiger partial charge in [-0.2, -0.15) is 0 Å². The highest BCUT2D eigenvalue weighted by molar-refractivity contribution is 14.0. The summed E-state index contributed by atoms with van der Waals surface area (Å²) in [4.78, 5) is 7.35. The molecule has 1 aliphatic heterocycles. The highest BCUT2D eigenvalue weighted by atomic mass is 127. The van der Waals surface area contributed by atoms with Gasteiger partial charge in [0.05, 0.1) is 0 Å². The van der Waals surface area contributed by atoms with E-state index in [2.05, 4.69) is 36.3 Å². The predicted molar refractivity (Wildman–Crippen MR) is 108 cm³/mol. The molecule has 0 aliphatic carbocycles. The molecule has 1 unspecified atom stereocenters. The Kier molecular flexibility index (Phi) is 14.5. The first-order chi connectivity index (χ1) is 10.3. The topological polar surface area (TPSA) is 39.7 Å². The first kappa shape index (κ1) is 22.0. The van der Waals surface area contributed by atoms with E-state index in [1.807, 2.05) is 0 Å². The third kappa shape index (κ3) is 9.87. The molecule has 132 valence electrons. The summed E-state index contributed by atoms with van der Waals surface area (Å²) in [5.74, 6) is 1.75. The van der Waals surface area contributed by atoms with Crippen molar-refractivity contribution in [1.82, 2.24) is 15.5 Å². The third-order valence-electron chi connectivity index (χ3n) is 4.08. The van der Waals surface area contributed by atoms with E-state index in [4.69, 9.17) is 4.99 Å². The molecule has 1 saturated heterocycles. The van der Waals surface area contributed by atoms with Gasteiger partial charge in [0.25, 0.3) is 0 Å². The summed E-state index contributed by atoms with van der Waals surface area (Å²) < 4.78 is 0. The van der Waals surface area contributed by atoms with Crippen molar-refractivity contribution in [2.45, 2.75) is 59.3 Å². The molecule has 2 N–H and O–H groups in total. The van der Waals surface area contributed by atoms with Crippen LogP contribution < -0.4 is 10.6 Å².